The number of rotatable bonds is 5. The van der Waals surface area contributed by atoms with Crippen molar-refractivity contribution in [3.63, 3.8) is 0 Å². The monoisotopic (exact) mass is 411 g/mol. The first-order valence-corrected chi connectivity index (χ1v) is 10.1. The molecular formula is C22H25N3O3S. The lowest BCUT2D eigenvalue weighted by Crippen LogP contribution is -2.34. The van der Waals surface area contributed by atoms with Crippen LogP contribution in [0.3, 0.4) is 0 Å². The van der Waals surface area contributed by atoms with Gasteiger partial charge in [-0.05, 0) is 61.5 Å². The summed E-state index contributed by atoms with van der Waals surface area (Å²) in [6.07, 6.45) is 5.33. The van der Waals surface area contributed by atoms with Crippen LogP contribution in [0.25, 0.3) is 0 Å². The molecule has 0 aromatic heterocycles. The Morgan fingerprint density at radius 1 is 0.966 bits per heavy atom. The zero-order valence-electron chi connectivity index (χ0n) is 16.4. The van der Waals surface area contributed by atoms with Gasteiger partial charge < -0.3 is 15.4 Å². The molecule has 0 heterocycles. The van der Waals surface area contributed by atoms with Gasteiger partial charge in [0.1, 0.15) is 5.75 Å². The first kappa shape index (κ1) is 20.8. The number of amides is 2. The molecule has 0 aliphatic heterocycles. The van der Waals surface area contributed by atoms with Crippen molar-refractivity contribution in [2.45, 2.75) is 32.1 Å². The average Bonchev–Trinajstić information content (AvgIpc) is 2.74. The maximum Gasteiger partial charge on any atom is 0.257 e. The number of thiocarbonyl (C=S) groups is 1. The van der Waals surface area contributed by atoms with Gasteiger partial charge in [-0.3, -0.25) is 14.9 Å². The number of hydrogen-bond acceptors (Lipinski definition) is 4. The lowest BCUT2D eigenvalue weighted by Gasteiger charge is -2.21. The molecule has 0 radical (unpaired) electrons. The largest absolute Gasteiger partial charge is 0.497 e. The SMILES string of the molecule is COc1cccc(C(=O)NC(=S)Nc2cccc(NC(=O)C3CCCCC3)c2)c1. The Hall–Kier alpha value is -2.93. The fourth-order valence-electron chi connectivity index (χ4n) is 3.39. The van der Waals surface area contributed by atoms with E-state index in [-0.39, 0.29) is 22.8 Å². The Morgan fingerprint density at radius 3 is 2.38 bits per heavy atom. The van der Waals surface area contributed by atoms with Crippen molar-refractivity contribution in [3.8, 4) is 5.75 Å². The lowest BCUT2D eigenvalue weighted by atomic mass is 9.88. The minimum absolute atomic E-state index is 0.0655. The smallest absolute Gasteiger partial charge is 0.257 e. The number of methoxy groups -OCH3 is 1. The molecule has 29 heavy (non-hydrogen) atoms. The zero-order valence-corrected chi connectivity index (χ0v) is 17.2. The topological polar surface area (TPSA) is 79.5 Å². The van der Waals surface area contributed by atoms with Crippen LogP contribution in [-0.2, 0) is 4.79 Å². The van der Waals surface area contributed by atoms with Crippen molar-refractivity contribution in [2.75, 3.05) is 17.7 Å². The second kappa shape index (κ2) is 10.0. The Kier molecular flexibility index (Phi) is 7.19. The summed E-state index contributed by atoms with van der Waals surface area (Å²) in [5.74, 6) is 0.417. The normalized spacial score (nSPS) is 14.0. The van der Waals surface area contributed by atoms with E-state index in [1.807, 2.05) is 18.2 Å². The Morgan fingerprint density at radius 2 is 1.66 bits per heavy atom. The van der Waals surface area contributed by atoms with Crippen molar-refractivity contribution in [2.24, 2.45) is 5.92 Å². The number of carbonyl (C=O) groups excluding carboxylic acids is 2. The molecule has 3 N–H and O–H groups in total. The van der Waals surface area contributed by atoms with Gasteiger partial charge in [-0.1, -0.05) is 31.4 Å². The van der Waals surface area contributed by atoms with E-state index >= 15 is 0 Å². The van der Waals surface area contributed by atoms with Crippen LogP contribution in [-0.4, -0.2) is 24.0 Å². The van der Waals surface area contributed by atoms with Gasteiger partial charge in [0.25, 0.3) is 5.91 Å². The predicted molar refractivity (Wildman–Crippen MR) is 118 cm³/mol. The van der Waals surface area contributed by atoms with Gasteiger partial charge in [-0.2, -0.15) is 0 Å². The standard InChI is InChI=1S/C22H25N3O3S/c1-28-19-12-5-9-16(13-19)21(27)25-22(29)24-18-11-6-10-17(14-18)23-20(26)15-7-3-2-4-8-15/h5-6,9-15H,2-4,7-8H2,1H3,(H,23,26)(H2,24,25,27,29). The molecule has 1 aliphatic rings. The zero-order chi connectivity index (χ0) is 20.6. The molecule has 6 nitrogen and oxygen atoms in total. The Bertz CT molecular complexity index is 894. The minimum atomic E-state index is -0.330. The third kappa shape index (κ3) is 6.02. The molecule has 2 aromatic carbocycles. The quantitative estimate of drug-likeness (QED) is 0.638. The van der Waals surface area contributed by atoms with Crippen molar-refractivity contribution in [1.29, 1.82) is 0 Å². The van der Waals surface area contributed by atoms with E-state index < -0.39 is 0 Å². The molecule has 152 valence electrons. The summed E-state index contributed by atoms with van der Waals surface area (Å²) >= 11 is 5.25. The second-order valence-corrected chi connectivity index (χ2v) is 7.45. The summed E-state index contributed by atoms with van der Waals surface area (Å²) in [6, 6.07) is 14.1. The van der Waals surface area contributed by atoms with Gasteiger partial charge in [-0.15, -0.1) is 0 Å². The van der Waals surface area contributed by atoms with E-state index in [9.17, 15) is 9.59 Å². The number of anilines is 2. The van der Waals surface area contributed by atoms with E-state index in [0.29, 0.717) is 22.7 Å². The summed E-state index contributed by atoms with van der Waals surface area (Å²) < 4.78 is 5.13. The van der Waals surface area contributed by atoms with Crippen LogP contribution in [0.1, 0.15) is 42.5 Å². The summed E-state index contributed by atoms with van der Waals surface area (Å²) in [5, 5.41) is 8.78. The minimum Gasteiger partial charge on any atom is -0.497 e. The molecule has 1 aliphatic carbocycles. The van der Waals surface area contributed by atoms with Gasteiger partial charge in [0.05, 0.1) is 7.11 Å². The Labute approximate surface area is 176 Å². The van der Waals surface area contributed by atoms with Crippen LogP contribution >= 0.6 is 12.2 Å². The molecule has 2 aromatic rings. The van der Waals surface area contributed by atoms with Crippen LogP contribution in [0.4, 0.5) is 11.4 Å². The van der Waals surface area contributed by atoms with Crippen molar-refractivity contribution in [3.05, 3.63) is 54.1 Å². The Balaban J connectivity index is 1.56. The van der Waals surface area contributed by atoms with Gasteiger partial charge in [0.15, 0.2) is 5.11 Å². The molecule has 3 rings (SSSR count). The molecule has 1 saturated carbocycles. The van der Waals surface area contributed by atoms with Crippen molar-refractivity contribution < 1.29 is 14.3 Å². The number of benzene rings is 2. The highest BCUT2D eigenvalue weighted by molar-refractivity contribution is 7.80. The second-order valence-electron chi connectivity index (χ2n) is 7.05. The fourth-order valence-corrected chi connectivity index (χ4v) is 3.60. The van der Waals surface area contributed by atoms with Crippen LogP contribution < -0.4 is 20.7 Å². The highest BCUT2D eigenvalue weighted by atomic mass is 32.1. The molecule has 1 fully saturated rings. The summed E-state index contributed by atoms with van der Waals surface area (Å²) in [5.41, 5.74) is 1.83. The van der Waals surface area contributed by atoms with Crippen molar-refractivity contribution in [1.82, 2.24) is 5.32 Å². The molecular weight excluding hydrogens is 386 g/mol. The fraction of sp³-hybridized carbons (Fsp3) is 0.318. The van der Waals surface area contributed by atoms with E-state index in [0.717, 1.165) is 25.7 Å². The highest BCUT2D eigenvalue weighted by Crippen LogP contribution is 2.25. The van der Waals surface area contributed by atoms with Gasteiger partial charge >= 0.3 is 0 Å². The first-order valence-electron chi connectivity index (χ1n) is 9.72. The maximum atomic E-state index is 12.4. The molecule has 0 bridgehead atoms. The molecule has 0 spiro atoms. The number of ether oxygens (including phenoxy) is 1. The summed E-state index contributed by atoms with van der Waals surface area (Å²) in [6.45, 7) is 0. The van der Waals surface area contributed by atoms with Gasteiger partial charge in [0, 0.05) is 22.9 Å². The highest BCUT2D eigenvalue weighted by Gasteiger charge is 2.21. The third-order valence-electron chi connectivity index (χ3n) is 4.92. The molecule has 0 atom stereocenters. The first-order chi connectivity index (χ1) is 14.0. The summed E-state index contributed by atoms with van der Waals surface area (Å²) in [4.78, 5) is 24.8. The average molecular weight is 412 g/mol. The molecule has 0 unspecified atom stereocenters. The van der Waals surface area contributed by atoms with Gasteiger partial charge in [0.2, 0.25) is 5.91 Å². The number of hydrogen-bond donors (Lipinski definition) is 3. The molecule has 2 amide bonds. The predicted octanol–water partition coefficient (Wildman–Crippen LogP) is 4.34. The van der Waals surface area contributed by atoms with Crippen molar-refractivity contribution >= 4 is 40.5 Å². The van der Waals surface area contributed by atoms with Crippen LogP contribution in [0.2, 0.25) is 0 Å². The third-order valence-corrected chi connectivity index (χ3v) is 5.13. The van der Waals surface area contributed by atoms with Crippen LogP contribution in [0.15, 0.2) is 48.5 Å². The van der Waals surface area contributed by atoms with E-state index in [4.69, 9.17) is 17.0 Å². The van der Waals surface area contributed by atoms with E-state index in [1.54, 1.807) is 37.4 Å². The molecule has 0 saturated heterocycles. The van der Waals surface area contributed by atoms with Crippen LogP contribution in [0, 0.1) is 5.92 Å². The van der Waals surface area contributed by atoms with Gasteiger partial charge in [-0.25, -0.2) is 0 Å². The maximum absolute atomic E-state index is 12.4. The lowest BCUT2D eigenvalue weighted by molar-refractivity contribution is -0.120. The summed E-state index contributed by atoms with van der Waals surface area (Å²) in [7, 11) is 1.54. The number of nitrogens with one attached hydrogen (secondary N) is 3. The van der Waals surface area contributed by atoms with E-state index in [1.165, 1.54) is 6.42 Å². The number of carbonyl (C=O) groups is 2. The van der Waals surface area contributed by atoms with E-state index in [2.05, 4.69) is 16.0 Å². The van der Waals surface area contributed by atoms with Crippen LogP contribution in [0.5, 0.6) is 5.75 Å². The molecule has 7 heteroatoms.